The lowest BCUT2D eigenvalue weighted by molar-refractivity contribution is -0.385. The second-order valence-corrected chi connectivity index (χ2v) is 5.79. The fourth-order valence-electron chi connectivity index (χ4n) is 2.44. The SMILES string of the molecule is COc1cc(C(=O)OCC(=O)N(C)Cc2ccccc2)c([N+](=O)[O-])cc1OC. The van der Waals surface area contributed by atoms with Gasteiger partial charge in [-0.25, -0.2) is 4.79 Å². The Kier molecular flexibility index (Phi) is 6.91. The van der Waals surface area contributed by atoms with Gasteiger partial charge in [0.15, 0.2) is 18.1 Å². The van der Waals surface area contributed by atoms with Crippen LogP contribution in [0.25, 0.3) is 0 Å². The monoisotopic (exact) mass is 388 g/mol. The van der Waals surface area contributed by atoms with Crippen molar-refractivity contribution in [1.29, 1.82) is 0 Å². The molecule has 0 bridgehead atoms. The van der Waals surface area contributed by atoms with Crippen LogP contribution in [0.4, 0.5) is 5.69 Å². The van der Waals surface area contributed by atoms with Crippen LogP contribution in [-0.2, 0) is 16.1 Å². The summed E-state index contributed by atoms with van der Waals surface area (Å²) in [5.41, 5.74) is 0.0779. The van der Waals surface area contributed by atoms with Crippen molar-refractivity contribution < 1.29 is 28.7 Å². The van der Waals surface area contributed by atoms with Gasteiger partial charge in [0.05, 0.1) is 25.2 Å². The molecule has 2 aromatic rings. The first-order chi connectivity index (χ1) is 13.4. The quantitative estimate of drug-likeness (QED) is 0.388. The molecule has 0 saturated heterocycles. The third-order valence-electron chi connectivity index (χ3n) is 3.93. The fraction of sp³-hybridized carbons (Fsp3) is 0.263. The largest absolute Gasteiger partial charge is 0.493 e. The molecule has 0 aliphatic rings. The number of esters is 1. The van der Waals surface area contributed by atoms with Gasteiger partial charge in [-0.2, -0.15) is 0 Å². The molecule has 9 heteroatoms. The van der Waals surface area contributed by atoms with Crippen LogP contribution in [0.15, 0.2) is 42.5 Å². The number of hydrogen-bond acceptors (Lipinski definition) is 7. The highest BCUT2D eigenvalue weighted by Gasteiger charge is 2.26. The van der Waals surface area contributed by atoms with E-state index in [4.69, 9.17) is 14.2 Å². The minimum Gasteiger partial charge on any atom is -0.493 e. The predicted octanol–water partition coefficient (Wildman–Crippen LogP) is 2.43. The number of benzene rings is 2. The minimum atomic E-state index is -1.01. The van der Waals surface area contributed by atoms with Crippen molar-refractivity contribution in [2.24, 2.45) is 0 Å². The molecule has 1 amide bonds. The Labute approximate surface area is 161 Å². The van der Waals surface area contributed by atoms with Gasteiger partial charge < -0.3 is 19.1 Å². The Bertz CT molecular complexity index is 868. The molecule has 0 atom stereocenters. The van der Waals surface area contributed by atoms with Crippen molar-refractivity contribution in [3.05, 3.63) is 63.7 Å². The average molecular weight is 388 g/mol. The maximum Gasteiger partial charge on any atom is 0.345 e. The van der Waals surface area contributed by atoms with Crippen LogP contribution in [-0.4, -0.2) is 49.6 Å². The molecule has 148 valence electrons. The Hall–Kier alpha value is -3.62. The van der Waals surface area contributed by atoms with E-state index in [0.29, 0.717) is 6.54 Å². The molecule has 0 radical (unpaired) electrons. The highest BCUT2D eigenvalue weighted by molar-refractivity contribution is 5.96. The molecule has 0 aromatic heterocycles. The number of nitrogens with zero attached hydrogens (tertiary/aromatic N) is 2. The molecule has 0 spiro atoms. The van der Waals surface area contributed by atoms with Gasteiger partial charge in [0, 0.05) is 19.7 Å². The zero-order chi connectivity index (χ0) is 20.7. The molecule has 0 aliphatic carbocycles. The van der Waals surface area contributed by atoms with Gasteiger partial charge >= 0.3 is 5.97 Å². The molecule has 0 heterocycles. The molecule has 0 unspecified atom stereocenters. The Morgan fingerprint density at radius 1 is 1.07 bits per heavy atom. The van der Waals surface area contributed by atoms with Gasteiger partial charge in [0.25, 0.3) is 11.6 Å². The summed E-state index contributed by atoms with van der Waals surface area (Å²) in [6.45, 7) is -0.207. The van der Waals surface area contributed by atoms with E-state index in [9.17, 15) is 19.7 Å². The first-order valence-electron chi connectivity index (χ1n) is 8.22. The lowest BCUT2D eigenvalue weighted by Gasteiger charge is -2.17. The first kappa shape index (κ1) is 20.7. The predicted molar refractivity (Wildman–Crippen MR) is 99.4 cm³/mol. The minimum absolute atomic E-state index is 0.101. The van der Waals surface area contributed by atoms with E-state index < -0.39 is 29.1 Å². The van der Waals surface area contributed by atoms with Crippen molar-refractivity contribution in [2.45, 2.75) is 6.54 Å². The van der Waals surface area contributed by atoms with Crippen LogP contribution in [0.1, 0.15) is 15.9 Å². The topological polar surface area (TPSA) is 108 Å². The van der Waals surface area contributed by atoms with E-state index >= 15 is 0 Å². The maximum absolute atomic E-state index is 12.3. The Balaban J connectivity index is 2.09. The number of carbonyl (C=O) groups excluding carboxylic acids is 2. The molecule has 9 nitrogen and oxygen atoms in total. The van der Waals surface area contributed by atoms with E-state index in [1.165, 1.54) is 19.1 Å². The van der Waals surface area contributed by atoms with Crippen LogP contribution in [0, 0.1) is 10.1 Å². The molecule has 2 aromatic carbocycles. The normalized spacial score (nSPS) is 10.1. The Morgan fingerprint density at radius 3 is 2.25 bits per heavy atom. The number of rotatable bonds is 8. The molecular formula is C19H20N2O7. The number of likely N-dealkylation sites (N-methyl/N-ethyl adjacent to an activating group) is 1. The number of methoxy groups -OCH3 is 2. The molecule has 0 aliphatic heterocycles. The molecular weight excluding hydrogens is 368 g/mol. The fourth-order valence-corrected chi connectivity index (χ4v) is 2.44. The van der Waals surface area contributed by atoms with Crippen molar-refractivity contribution in [2.75, 3.05) is 27.9 Å². The summed E-state index contributed by atoms with van der Waals surface area (Å²) in [6.07, 6.45) is 0. The molecule has 0 N–H and O–H groups in total. The highest BCUT2D eigenvalue weighted by Crippen LogP contribution is 2.34. The van der Waals surface area contributed by atoms with E-state index in [2.05, 4.69) is 0 Å². The van der Waals surface area contributed by atoms with Crippen LogP contribution in [0.3, 0.4) is 0 Å². The van der Waals surface area contributed by atoms with E-state index in [-0.39, 0.29) is 17.1 Å². The van der Waals surface area contributed by atoms with Gasteiger partial charge in [-0.05, 0) is 5.56 Å². The van der Waals surface area contributed by atoms with Gasteiger partial charge in [-0.3, -0.25) is 14.9 Å². The van der Waals surface area contributed by atoms with Crippen LogP contribution in [0.2, 0.25) is 0 Å². The summed E-state index contributed by atoms with van der Waals surface area (Å²) in [6, 6.07) is 11.5. The van der Waals surface area contributed by atoms with Gasteiger partial charge in [0.1, 0.15) is 5.56 Å². The Morgan fingerprint density at radius 2 is 1.68 bits per heavy atom. The van der Waals surface area contributed by atoms with Gasteiger partial charge in [0.2, 0.25) is 0 Å². The van der Waals surface area contributed by atoms with Crippen LogP contribution >= 0.6 is 0 Å². The lowest BCUT2D eigenvalue weighted by atomic mass is 10.1. The zero-order valence-corrected chi connectivity index (χ0v) is 15.7. The third kappa shape index (κ3) is 4.97. The molecule has 2 rings (SSSR count). The number of carbonyl (C=O) groups is 2. The van der Waals surface area contributed by atoms with E-state index in [1.54, 1.807) is 7.05 Å². The average Bonchev–Trinajstić information content (AvgIpc) is 2.71. The third-order valence-corrected chi connectivity index (χ3v) is 3.93. The number of nitro benzene ring substituents is 1. The zero-order valence-electron chi connectivity index (χ0n) is 15.7. The second-order valence-electron chi connectivity index (χ2n) is 5.79. The molecule has 0 fully saturated rings. The summed E-state index contributed by atoms with van der Waals surface area (Å²) in [7, 11) is 4.23. The number of nitro groups is 1. The number of ether oxygens (including phenoxy) is 3. The van der Waals surface area contributed by atoms with Crippen LogP contribution < -0.4 is 9.47 Å². The van der Waals surface area contributed by atoms with E-state index in [1.807, 2.05) is 30.3 Å². The maximum atomic E-state index is 12.3. The first-order valence-corrected chi connectivity index (χ1v) is 8.22. The van der Waals surface area contributed by atoms with Crippen molar-refractivity contribution in [1.82, 2.24) is 4.90 Å². The summed E-state index contributed by atoms with van der Waals surface area (Å²) in [4.78, 5) is 36.5. The van der Waals surface area contributed by atoms with Gasteiger partial charge in [-0.15, -0.1) is 0 Å². The summed E-state index contributed by atoms with van der Waals surface area (Å²) in [5.74, 6) is -1.22. The van der Waals surface area contributed by atoms with Crippen molar-refractivity contribution in [3.8, 4) is 11.5 Å². The highest BCUT2D eigenvalue weighted by atomic mass is 16.6. The summed E-state index contributed by atoms with van der Waals surface area (Å²) >= 11 is 0. The smallest absolute Gasteiger partial charge is 0.345 e. The molecule has 28 heavy (non-hydrogen) atoms. The lowest BCUT2D eigenvalue weighted by Crippen LogP contribution is -2.30. The molecule has 0 saturated carbocycles. The van der Waals surface area contributed by atoms with Crippen molar-refractivity contribution >= 4 is 17.6 Å². The van der Waals surface area contributed by atoms with Crippen LogP contribution in [0.5, 0.6) is 11.5 Å². The standard InChI is InChI=1S/C19H20N2O7/c1-20(11-13-7-5-4-6-8-13)18(22)12-28-19(23)14-9-16(26-2)17(27-3)10-15(14)21(24)25/h4-10H,11-12H2,1-3H3. The van der Waals surface area contributed by atoms with Gasteiger partial charge in [-0.1, -0.05) is 30.3 Å². The number of amides is 1. The van der Waals surface area contributed by atoms with E-state index in [0.717, 1.165) is 17.7 Å². The summed E-state index contributed by atoms with van der Waals surface area (Å²) in [5, 5.41) is 11.3. The number of hydrogen-bond donors (Lipinski definition) is 0. The van der Waals surface area contributed by atoms with Crippen molar-refractivity contribution in [3.63, 3.8) is 0 Å². The summed E-state index contributed by atoms with van der Waals surface area (Å²) < 4.78 is 15.0. The second kappa shape index (κ2) is 9.36.